The molecule has 3 rings (SSSR count). The number of hydrogen-bond acceptors (Lipinski definition) is 16. The summed E-state index contributed by atoms with van der Waals surface area (Å²) in [5.74, 6) is -3.46. The molecule has 0 saturated carbocycles. The maximum atomic E-state index is 11.8. The summed E-state index contributed by atoms with van der Waals surface area (Å²) in [7, 11) is -15.5. The van der Waals surface area contributed by atoms with Crippen LogP contribution in [0.25, 0.3) is 10.8 Å². The van der Waals surface area contributed by atoms with Gasteiger partial charge in [0.05, 0.1) is 9.82 Å². The number of fused-ring (bicyclic) bond motifs is 1. The van der Waals surface area contributed by atoms with Crippen molar-refractivity contribution in [2.45, 2.75) is 9.79 Å². The van der Waals surface area contributed by atoms with E-state index in [1.165, 1.54) is 6.07 Å². The third-order valence-corrected chi connectivity index (χ3v) is 6.75. The fourth-order valence-corrected chi connectivity index (χ4v) is 4.56. The van der Waals surface area contributed by atoms with Crippen molar-refractivity contribution in [2.75, 3.05) is 11.2 Å². The van der Waals surface area contributed by atoms with E-state index in [1.807, 2.05) is 0 Å². The third-order valence-electron chi connectivity index (χ3n) is 4.55. The summed E-state index contributed by atoms with van der Waals surface area (Å²) in [6.45, 7) is 0. The molecule has 17 nitrogen and oxygen atoms in total. The molecule has 3 aromatic rings. The Hall–Kier alpha value is -0.950. The van der Waals surface area contributed by atoms with Crippen LogP contribution in [0, 0.1) is 10.1 Å². The van der Waals surface area contributed by atoms with Gasteiger partial charge < -0.3 is 29.2 Å². The van der Waals surface area contributed by atoms with Gasteiger partial charge in [-0.05, 0) is 23.6 Å². The summed E-state index contributed by atoms with van der Waals surface area (Å²) < 4.78 is 102. The SMILES string of the molecule is O=[N+]([O-])c1cc(N=Nc2c(S(=O)(=O)[O-])cc3ccc(NCS(=O)(=O)[O-])cc3c2O)c(O)c(S(=O)(=O)[O-])c1.[Na+].[Na+].[Na+]. The standard InChI is InChI=1S/C17H14N4O13S3.3Na/c22-16-11-4-9(18-7-35(26,27)28)2-1-8(11)3-13(36(29,30)31)15(16)20-19-12-5-10(21(24)25)6-14(17(12)23)37(32,33)34;;;/h1-6,18,22-23H,7H2,(H,26,27,28)(H,29,30,31)(H,32,33,34);;;/q;3*+1/p-3. The fraction of sp³-hybridized carbons (Fsp3) is 0.0588. The number of azo groups is 1. The van der Waals surface area contributed by atoms with Crippen LogP contribution in [0.4, 0.5) is 22.7 Å². The zero-order valence-electron chi connectivity index (χ0n) is 20.6. The molecule has 0 radical (unpaired) electrons. The van der Waals surface area contributed by atoms with Gasteiger partial charge in [0.25, 0.3) is 5.69 Å². The van der Waals surface area contributed by atoms with Crippen molar-refractivity contribution in [3.63, 3.8) is 0 Å². The van der Waals surface area contributed by atoms with Crippen LogP contribution in [0.2, 0.25) is 0 Å². The maximum Gasteiger partial charge on any atom is 1.00 e. The van der Waals surface area contributed by atoms with E-state index in [1.54, 1.807) is 0 Å². The second kappa shape index (κ2) is 14.5. The molecule has 0 fully saturated rings. The van der Waals surface area contributed by atoms with Crippen molar-refractivity contribution in [3.8, 4) is 11.5 Å². The van der Waals surface area contributed by atoms with Crippen LogP contribution in [0.5, 0.6) is 11.5 Å². The minimum Gasteiger partial charge on any atom is -0.747 e. The van der Waals surface area contributed by atoms with Gasteiger partial charge in [-0.15, -0.1) is 10.2 Å². The van der Waals surface area contributed by atoms with E-state index in [0.29, 0.717) is 6.07 Å². The van der Waals surface area contributed by atoms with E-state index in [2.05, 4.69) is 15.5 Å². The van der Waals surface area contributed by atoms with Crippen molar-refractivity contribution in [1.82, 2.24) is 0 Å². The number of aromatic hydroxyl groups is 2. The number of rotatable bonds is 8. The van der Waals surface area contributed by atoms with E-state index >= 15 is 0 Å². The van der Waals surface area contributed by atoms with Gasteiger partial charge in [0.15, 0.2) is 11.5 Å². The monoisotopic (exact) mass is 644 g/mol. The fourth-order valence-electron chi connectivity index (χ4n) is 2.97. The number of nitrogens with zero attached hydrogens (tertiary/aromatic N) is 3. The molecule has 0 spiro atoms. The Labute approximate surface area is 292 Å². The van der Waals surface area contributed by atoms with Crippen LogP contribution >= 0.6 is 0 Å². The van der Waals surface area contributed by atoms with E-state index in [-0.39, 0.29) is 111 Å². The average Bonchev–Trinajstić information content (AvgIpc) is 2.75. The van der Waals surface area contributed by atoms with Crippen LogP contribution in [0.1, 0.15) is 0 Å². The summed E-state index contributed by atoms with van der Waals surface area (Å²) in [6, 6.07) is 4.88. The zero-order chi connectivity index (χ0) is 27.9. The number of nitrogens with one attached hydrogen (secondary N) is 1. The third kappa shape index (κ3) is 9.54. The van der Waals surface area contributed by atoms with Gasteiger partial charge in [-0.2, -0.15) is 0 Å². The minimum absolute atomic E-state index is 0. The second-order valence-electron chi connectivity index (χ2n) is 7.06. The largest absolute Gasteiger partial charge is 1.00 e. The number of phenols is 2. The average molecular weight is 644 g/mol. The van der Waals surface area contributed by atoms with E-state index in [0.717, 1.165) is 18.2 Å². The summed E-state index contributed by atoms with van der Waals surface area (Å²) in [4.78, 5) is 7.36. The molecule has 3 N–H and O–H groups in total. The van der Waals surface area contributed by atoms with Crippen LogP contribution in [0.15, 0.2) is 56.4 Å². The summed E-state index contributed by atoms with van der Waals surface area (Å²) >= 11 is 0. The summed E-state index contributed by atoms with van der Waals surface area (Å²) in [5.41, 5.74) is -3.11. The molecule has 0 atom stereocenters. The first-order chi connectivity index (χ1) is 16.9. The molecular formula is C17H11N4Na3O13S3. The Bertz CT molecular complexity index is 1820. The molecule has 0 aliphatic carbocycles. The van der Waals surface area contributed by atoms with Crippen molar-refractivity contribution < 1.29 is 143 Å². The Morgan fingerprint density at radius 2 is 1.38 bits per heavy atom. The second-order valence-corrected chi connectivity index (χ2v) is 11.2. The number of nitro groups is 1. The van der Waals surface area contributed by atoms with Gasteiger partial charge in [-0.3, -0.25) is 10.1 Å². The Kier molecular flexibility index (Phi) is 14.1. The molecule has 23 heteroatoms. The number of hydrogen-bond donors (Lipinski definition) is 3. The Morgan fingerprint density at radius 3 is 1.88 bits per heavy atom. The molecule has 0 unspecified atom stereocenters. The normalized spacial score (nSPS) is 11.8. The van der Waals surface area contributed by atoms with E-state index in [9.17, 15) is 59.2 Å². The molecule has 0 bridgehead atoms. The van der Waals surface area contributed by atoms with Crippen LogP contribution in [0.3, 0.4) is 0 Å². The molecular weight excluding hydrogens is 633 g/mol. The first-order valence-electron chi connectivity index (χ1n) is 9.20. The number of anilines is 1. The van der Waals surface area contributed by atoms with E-state index < -0.39 is 79.5 Å². The number of non-ortho nitro benzene ring substituents is 1. The van der Waals surface area contributed by atoms with E-state index in [4.69, 9.17) is 0 Å². The molecule has 0 amide bonds. The van der Waals surface area contributed by atoms with Gasteiger partial charge in [-0.1, -0.05) is 6.07 Å². The minimum atomic E-state index is -5.46. The zero-order valence-corrected chi connectivity index (χ0v) is 29.1. The van der Waals surface area contributed by atoms with Gasteiger partial charge in [0, 0.05) is 23.2 Å². The number of phenolic OH excluding ortho intramolecular Hbond substituents is 2. The van der Waals surface area contributed by atoms with Gasteiger partial charge in [0.1, 0.15) is 52.5 Å². The van der Waals surface area contributed by atoms with Crippen molar-refractivity contribution >= 4 is 63.9 Å². The molecule has 0 saturated heterocycles. The smallest absolute Gasteiger partial charge is 0.747 e. The van der Waals surface area contributed by atoms with Crippen molar-refractivity contribution in [3.05, 3.63) is 46.5 Å². The van der Waals surface area contributed by atoms with Crippen molar-refractivity contribution in [1.29, 1.82) is 0 Å². The van der Waals surface area contributed by atoms with Gasteiger partial charge in [-0.25, -0.2) is 25.3 Å². The Balaban J connectivity index is 0.00000507. The van der Waals surface area contributed by atoms with Gasteiger partial charge in [0.2, 0.25) is 0 Å². The molecule has 0 heterocycles. The number of nitro benzene ring substituents is 1. The molecule has 0 aliphatic rings. The molecule has 198 valence electrons. The summed E-state index contributed by atoms with van der Waals surface area (Å²) in [6.07, 6.45) is 0. The first-order valence-corrected chi connectivity index (χ1v) is 13.6. The molecule has 3 aromatic carbocycles. The molecule has 0 aliphatic heterocycles. The maximum absolute atomic E-state index is 11.8. The number of benzene rings is 3. The first kappa shape index (κ1) is 39.0. The Morgan fingerprint density at radius 1 is 0.800 bits per heavy atom. The quantitative estimate of drug-likeness (QED) is 0.0675. The predicted octanol–water partition coefficient (Wildman–Crippen LogP) is -7.69. The van der Waals surface area contributed by atoms with Crippen LogP contribution in [-0.2, 0) is 30.4 Å². The van der Waals surface area contributed by atoms with Gasteiger partial charge >= 0.3 is 88.7 Å². The van der Waals surface area contributed by atoms with Crippen LogP contribution < -0.4 is 94.0 Å². The molecule has 0 aromatic heterocycles. The van der Waals surface area contributed by atoms with Crippen molar-refractivity contribution in [2.24, 2.45) is 10.2 Å². The molecule has 40 heavy (non-hydrogen) atoms. The van der Waals surface area contributed by atoms with Crippen LogP contribution in [-0.4, -0.2) is 59.9 Å². The summed E-state index contributed by atoms with van der Waals surface area (Å²) in [5, 5.41) is 40.4. The topological polar surface area (TPSA) is 292 Å². The predicted molar refractivity (Wildman–Crippen MR) is 119 cm³/mol.